The van der Waals surface area contributed by atoms with E-state index in [1.807, 2.05) is 6.92 Å². The van der Waals surface area contributed by atoms with Gasteiger partial charge in [-0.25, -0.2) is 4.79 Å². The van der Waals surface area contributed by atoms with Crippen LogP contribution in [0.25, 0.3) is 0 Å². The molecule has 2 unspecified atom stereocenters. The third-order valence-corrected chi connectivity index (χ3v) is 10.2. The highest BCUT2D eigenvalue weighted by Crippen LogP contribution is 2.65. The molecule has 2 amide bonds. The molecule has 0 bridgehead atoms. The van der Waals surface area contributed by atoms with Gasteiger partial charge in [0.2, 0.25) is 11.8 Å². The lowest BCUT2D eigenvalue weighted by atomic mass is 9.46. The van der Waals surface area contributed by atoms with E-state index in [0.29, 0.717) is 12.8 Å². The number of ketones is 1. The Morgan fingerprint density at radius 2 is 1.81 bits per heavy atom. The number of ether oxygens (including phenoxy) is 1. The number of carbonyl (C=O) groups is 4. The van der Waals surface area contributed by atoms with Gasteiger partial charge in [0.1, 0.15) is 11.8 Å². The lowest BCUT2D eigenvalue weighted by Crippen LogP contribution is -2.65. The standard InChI is InChI=1S/C26H37F3N2O5/c1-13(26(27,28)29)11-18(23(35)36-4)30-22(34)17-7-6-15-14-5-8-19-25(3,20(32)12-21(33)31-19)16(14)9-10-24(15,17)2/h13-19H,5-12H2,1-4H3,(H,30,34)(H,31,33)/t13?,14-,15-,16-,17+,18?,19+,24-,25+/m0/s1. The van der Waals surface area contributed by atoms with Gasteiger partial charge in [-0.2, -0.15) is 13.2 Å². The average molecular weight is 515 g/mol. The van der Waals surface area contributed by atoms with Gasteiger partial charge < -0.3 is 15.4 Å². The van der Waals surface area contributed by atoms with Gasteiger partial charge in [0, 0.05) is 17.4 Å². The van der Waals surface area contributed by atoms with Crippen molar-refractivity contribution < 1.29 is 37.1 Å². The molecule has 3 aliphatic carbocycles. The molecule has 9 atom stereocenters. The maximum Gasteiger partial charge on any atom is 0.391 e. The van der Waals surface area contributed by atoms with Gasteiger partial charge in [0.05, 0.1) is 19.4 Å². The van der Waals surface area contributed by atoms with Gasteiger partial charge in [0.15, 0.2) is 0 Å². The van der Waals surface area contributed by atoms with Crippen LogP contribution >= 0.6 is 0 Å². The Kier molecular flexibility index (Phi) is 6.96. The van der Waals surface area contributed by atoms with Crippen LogP contribution in [-0.4, -0.2) is 48.9 Å². The summed E-state index contributed by atoms with van der Waals surface area (Å²) in [6, 6.07) is -1.52. The first-order valence-electron chi connectivity index (χ1n) is 13.0. The number of piperidine rings is 1. The molecule has 1 saturated heterocycles. The Bertz CT molecular complexity index is 939. The second-order valence-electron chi connectivity index (χ2n) is 11.9. The summed E-state index contributed by atoms with van der Waals surface area (Å²) in [5.41, 5.74) is -0.978. The van der Waals surface area contributed by atoms with Crippen LogP contribution in [-0.2, 0) is 23.9 Å². The molecule has 1 heterocycles. The first-order valence-corrected chi connectivity index (χ1v) is 13.0. The second kappa shape index (κ2) is 9.31. The number of esters is 1. The smallest absolute Gasteiger partial charge is 0.391 e. The number of carbonyl (C=O) groups excluding carboxylic acids is 4. The Balaban J connectivity index is 1.51. The quantitative estimate of drug-likeness (QED) is 0.432. The monoisotopic (exact) mass is 514 g/mol. The van der Waals surface area contributed by atoms with Gasteiger partial charge >= 0.3 is 12.1 Å². The van der Waals surface area contributed by atoms with Crippen LogP contribution in [0.2, 0.25) is 0 Å². The van der Waals surface area contributed by atoms with E-state index >= 15 is 0 Å². The fourth-order valence-corrected chi connectivity index (χ4v) is 8.10. The van der Waals surface area contributed by atoms with Crippen LogP contribution in [0.3, 0.4) is 0 Å². The fourth-order valence-electron chi connectivity index (χ4n) is 8.10. The number of rotatable bonds is 5. The summed E-state index contributed by atoms with van der Waals surface area (Å²) in [4.78, 5) is 50.7. The van der Waals surface area contributed by atoms with Crippen molar-refractivity contribution in [3.05, 3.63) is 0 Å². The summed E-state index contributed by atoms with van der Waals surface area (Å²) in [5.74, 6) is -3.13. The summed E-state index contributed by atoms with van der Waals surface area (Å²) in [6.07, 6.45) is -0.724. The molecular weight excluding hydrogens is 477 g/mol. The van der Waals surface area contributed by atoms with Crippen molar-refractivity contribution >= 4 is 23.6 Å². The average Bonchev–Trinajstić information content (AvgIpc) is 3.15. The molecule has 0 aromatic rings. The van der Waals surface area contributed by atoms with Gasteiger partial charge in [-0.15, -0.1) is 0 Å². The van der Waals surface area contributed by atoms with E-state index in [2.05, 4.69) is 22.3 Å². The number of hydrogen-bond acceptors (Lipinski definition) is 5. The normalized spacial score (nSPS) is 39.7. The third kappa shape index (κ3) is 4.32. The molecule has 1 aliphatic heterocycles. The molecule has 0 aromatic heterocycles. The molecule has 0 radical (unpaired) electrons. The van der Waals surface area contributed by atoms with E-state index in [-0.39, 0.29) is 47.3 Å². The van der Waals surface area contributed by atoms with Crippen molar-refractivity contribution in [3.63, 3.8) is 0 Å². The van der Waals surface area contributed by atoms with Crippen molar-refractivity contribution in [3.8, 4) is 0 Å². The van der Waals surface area contributed by atoms with E-state index in [0.717, 1.165) is 39.7 Å². The van der Waals surface area contributed by atoms with Crippen LogP contribution in [0.1, 0.15) is 72.1 Å². The highest BCUT2D eigenvalue weighted by Gasteiger charge is 2.63. The third-order valence-electron chi connectivity index (χ3n) is 10.2. The summed E-state index contributed by atoms with van der Waals surface area (Å²) in [5, 5.41) is 5.63. The van der Waals surface area contributed by atoms with Crippen LogP contribution in [0.4, 0.5) is 13.2 Å². The SMILES string of the molecule is COC(=O)C(CC(C)C(F)(F)F)NC(=O)[C@H]1CC[C@H]2[C@@H]3CC[C@H]4NC(=O)CC(=O)[C@]4(C)[C@H]3CC[C@]12C. The summed E-state index contributed by atoms with van der Waals surface area (Å²) in [6.45, 7) is 5.05. The molecule has 4 aliphatic rings. The lowest BCUT2D eigenvalue weighted by molar-refractivity contribution is -0.175. The number of Topliss-reactive ketones (excluding diaryl/α,β-unsaturated/α-hetero) is 1. The number of methoxy groups -OCH3 is 1. The Morgan fingerprint density at radius 3 is 2.44 bits per heavy atom. The molecule has 7 nitrogen and oxygen atoms in total. The Hall–Kier alpha value is -2.13. The summed E-state index contributed by atoms with van der Waals surface area (Å²) in [7, 11) is 1.10. The molecule has 36 heavy (non-hydrogen) atoms. The molecule has 4 rings (SSSR count). The van der Waals surface area contributed by atoms with E-state index in [4.69, 9.17) is 0 Å². The highest BCUT2D eigenvalue weighted by atomic mass is 19.4. The maximum atomic E-state index is 13.4. The zero-order valence-electron chi connectivity index (χ0n) is 21.4. The van der Waals surface area contributed by atoms with Gasteiger partial charge in [-0.05, 0) is 68.1 Å². The van der Waals surface area contributed by atoms with Crippen LogP contribution in [0.15, 0.2) is 0 Å². The number of amides is 2. The molecular formula is C26H37F3N2O5. The Labute approximate surface area is 209 Å². The highest BCUT2D eigenvalue weighted by molar-refractivity contribution is 6.04. The molecule has 10 heteroatoms. The fraction of sp³-hybridized carbons (Fsp3) is 0.846. The molecule has 3 saturated carbocycles. The zero-order chi connectivity index (χ0) is 26.6. The maximum absolute atomic E-state index is 13.4. The van der Waals surface area contributed by atoms with Crippen molar-refractivity contribution in [2.45, 2.75) is 90.4 Å². The molecule has 202 valence electrons. The first-order chi connectivity index (χ1) is 16.7. The minimum atomic E-state index is -4.48. The van der Waals surface area contributed by atoms with Crippen molar-refractivity contribution in [1.82, 2.24) is 10.6 Å². The second-order valence-corrected chi connectivity index (χ2v) is 11.9. The number of halogens is 3. The van der Waals surface area contributed by atoms with Crippen molar-refractivity contribution in [1.29, 1.82) is 0 Å². The van der Waals surface area contributed by atoms with E-state index in [9.17, 15) is 32.3 Å². The largest absolute Gasteiger partial charge is 0.467 e. The topological polar surface area (TPSA) is 102 Å². The first kappa shape index (κ1) is 26.9. The number of nitrogens with one attached hydrogen (secondary N) is 2. The van der Waals surface area contributed by atoms with Crippen LogP contribution in [0.5, 0.6) is 0 Å². The summed E-state index contributed by atoms with van der Waals surface area (Å²) < 4.78 is 44.1. The number of alkyl halides is 3. The van der Waals surface area contributed by atoms with Crippen molar-refractivity contribution in [2.24, 2.45) is 40.4 Å². The minimum Gasteiger partial charge on any atom is -0.467 e. The molecule has 2 N–H and O–H groups in total. The van der Waals surface area contributed by atoms with Crippen LogP contribution in [0, 0.1) is 40.4 Å². The number of fused-ring (bicyclic) bond motifs is 5. The molecule has 4 fully saturated rings. The van der Waals surface area contributed by atoms with Gasteiger partial charge in [-0.3, -0.25) is 14.4 Å². The Morgan fingerprint density at radius 1 is 1.11 bits per heavy atom. The lowest BCUT2D eigenvalue weighted by Gasteiger charge is -2.59. The van der Waals surface area contributed by atoms with E-state index < -0.39 is 47.8 Å². The van der Waals surface area contributed by atoms with Gasteiger partial charge in [0.25, 0.3) is 0 Å². The van der Waals surface area contributed by atoms with E-state index in [1.165, 1.54) is 0 Å². The molecule has 0 spiro atoms. The predicted molar refractivity (Wildman–Crippen MR) is 123 cm³/mol. The zero-order valence-corrected chi connectivity index (χ0v) is 21.4. The minimum absolute atomic E-state index is 0.00143. The summed E-state index contributed by atoms with van der Waals surface area (Å²) >= 11 is 0. The number of hydrogen-bond donors (Lipinski definition) is 2. The van der Waals surface area contributed by atoms with Gasteiger partial charge in [-0.1, -0.05) is 20.8 Å². The van der Waals surface area contributed by atoms with E-state index in [1.54, 1.807) is 0 Å². The predicted octanol–water partition coefficient (Wildman–Crippen LogP) is 3.55. The molecule has 0 aromatic carbocycles. The van der Waals surface area contributed by atoms with Crippen LogP contribution < -0.4 is 10.6 Å². The van der Waals surface area contributed by atoms with Crippen molar-refractivity contribution in [2.75, 3.05) is 7.11 Å².